The lowest BCUT2D eigenvalue weighted by atomic mass is 9.62. The van der Waals surface area contributed by atoms with Crippen LogP contribution in [0.25, 0.3) is 0 Å². The van der Waals surface area contributed by atoms with E-state index in [2.05, 4.69) is 0 Å². The van der Waals surface area contributed by atoms with Crippen molar-refractivity contribution in [1.82, 2.24) is 0 Å². The van der Waals surface area contributed by atoms with Gasteiger partial charge in [-0.15, -0.1) is 0 Å². The lowest BCUT2D eigenvalue weighted by Crippen LogP contribution is -2.24. The van der Waals surface area contributed by atoms with E-state index in [1.165, 1.54) is 0 Å². The second-order valence-electron chi connectivity index (χ2n) is 5.21. The fourth-order valence-corrected chi connectivity index (χ4v) is 1.69. The molecule has 2 N–H and O–H groups in total. The van der Waals surface area contributed by atoms with Crippen molar-refractivity contribution in [3.63, 3.8) is 0 Å². The van der Waals surface area contributed by atoms with E-state index >= 15 is 0 Å². The van der Waals surface area contributed by atoms with E-state index in [1.54, 1.807) is 0 Å². The van der Waals surface area contributed by atoms with Gasteiger partial charge >= 0.3 is 0 Å². The normalized spacial score (nSPS) is 12.8. The van der Waals surface area contributed by atoms with E-state index in [0.29, 0.717) is 5.69 Å². The lowest BCUT2D eigenvalue weighted by Gasteiger charge is -2.28. The minimum absolute atomic E-state index is 0.439. The summed E-state index contributed by atoms with van der Waals surface area (Å²) in [6, 6.07) is 5.85. The maximum absolute atomic E-state index is 6.10. The van der Waals surface area contributed by atoms with E-state index in [1.807, 2.05) is 45.9 Å². The summed E-state index contributed by atoms with van der Waals surface area (Å²) in [5.41, 5.74) is 8.69. The van der Waals surface area contributed by atoms with Crippen LogP contribution in [-0.2, 0) is 10.6 Å². The molecule has 0 saturated heterocycles. The van der Waals surface area contributed by atoms with Crippen LogP contribution in [0.15, 0.2) is 18.2 Å². The fraction of sp³-hybridized carbons (Fsp3) is 0.500. The minimum atomic E-state index is -0.439. The zero-order valence-electron chi connectivity index (χ0n) is 9.96. The van der Waals surface area contributed by atoms with Crippen molar-refractivity contribution in [2.45, 2.75) is 38.3 Å². The predicted molar refractivity (Wildman–Crippen MR) is 68.4 cm³/mol. The molecule has 0 saturated carbocycles. The van der Waals surface area contributed by atoms with Gasteiger partial charge in [0.2, 0.25) is 0 Å². The Labute approximate surface area is 95.3 Å². The summed E-state index contributed by atoms with van der Waals surface area (Å²) in [7, 11) is 12.1. The molecule has 0 amide bonds. The molecule has 0 aliphatic rings. The number of rotatable bonds is 2. The highest BCUT2D eigenvalue weighted by Crippen LogP contribution is 2.33. The van der Waals surface area contributed by atoms with Crippen LogP contribution in [0.3, 0.4) is 0 Å². The van der Waals surface area contributed by atoms with Gasteiger partial charge in [-0.05, 0) is 21.8 Å². The Bertz CT molecular complexity index is 327. The highest BCUT2D eigenvalue weighted by Gasteiger charge is 2.22. The Kier molecular flexibility index (Phi) is 2.95. The number of hydrogen-bond acceptors (Lipinski definition) is 1. The number of nitrogen functional groups attached to an aromatic ring is 1. The quantitative estimate of drug-likeness (QED) is 0.569. The summed E-state index contributed by atoms with van der Waals surface area (Å²) in [5, 5.41) is -0.878. The molecule has 3 heteroatoms. The topological polar surface area (TPSA) is 26.0 Å². The SMILES string of the molecule is [B]C(C)(C)c1cccc(C([B])(C)C)c1N. The van der Waals surface area contributed by atoms with Gasteiger partial charge in [-0.25, -0.2) is 0 Å². The molecule has 0 aliphatic carbocycles. The predicted octanol–water partition coefficient (Wildman–Crippen LogP) is 2.08. The van der Waals surface area contributed by atoms with Crippen LogP contribution in [0.2, 0.25) is 0 Å². The fourth-order valence-electron chi connectivity index (χ4n) is 1.69. The van der Waals surface area contributed by atoms with Gasteiger partial charge in [0.25, 0.3) is 0 Å². The first kappa shape index (κ1) is 12.2. The Hall–Kier alpha value is -0.850. The summed E-state index contributed by atoms with van der Waals surface area (Å²) in [6.45, 7) is 7.75. The molecule has 0 atom stereocenters. The highest BCUT2D eigenvalue weighted by molar-refractivity contribution is 6.17. The lowest BCUT2D eigenvalue weighted by molar-refractivity contribution is 0.740. The molecule has 0 unspecified atom stereocenters. The van der Waals surface area contributed by atoms with E-state index in [-0.39, 0.29) is 0 Å². The Morgan fingerprint density at radius 3 is 1.53 bits per heavy atom. The Morgan fingerprint density at radius 2 is 1.27 bits per heavy atom. The minimum Gasteiger partial charge on any atom is -0.398 e. The number of anilines is 1. The van der Waals surface area contributed by atoms with Gasteiger partial charge in [-0.3, -0.25) is 0 Å². The van der Waals surface area contributed by atoms with Crippen molar-refractivity contribution in [2.24, 2.45) is 0 Å². The Morgan fingerprint density at radius 1 is 0.933 bits per heavy atom. The second-order valence-corrected chi connectivity index (χ2v) is 5.21. The summed E-state index contributed by atoms with van der Waals surface area (Å²) in [6.07, 6.45) is 0. The molecule has 1 aromatic rings. The van der Waals surface area contributed by atoms with Crippen molar-refractivity contribution in [2.75, 3.05) is 5.73 Å². The zero-order valence-corrected chi connectivity index (χ0v) is 9.96. The largest absolute Gasteiger partial charge is 0.398 e. The van der Waals surface area contributed by atoms with Crippen LogP contribution in [0.1, 0.15) is 38.8 Å². The molecular formula is C12H17B2N. The number of hydrogen-bond donors (Lipinski definition) is 1. The van der Waals surface area contributed by atoms with Crippen molar-refractivity contribution in [1.29, 1.82) is 0 Å². The van der Waals surface area contributed by atoms with Gasteiger partial charge < -0.3 is 5.73 Å². The van der Waals surface area contributed by atoms with Gasteiger partial charge in [0.05, 0.1) is 15.7 Å². The summed E-state index contributed by atoms with van der Waals surface area (Å²) >= 11 is 0. The van der Waals surface area contributed by atoms with Crippen molar-refractivity contribution >= 4 is 21.4 Å². The first-order valence-corrected chi connectivity index (χ1v) is 5.11. The molecule has 4 radical (unpaired) electrons. The summed E-state index contributed by atoms with van der Waals surface area (Å²) in [5.74, 6) is 0. The molecule has 0 bridgehead atoms. The molecule has 1 aromatic carbocycles. The highest BCUT2D eigenvalue weighted by atomic mass is 14.6. The zero-order chi connectivity index (χ0) is 11.9. The van der Waals surface area contributed by atoms with E-state index in [0.717, 1.165) is 11.1 Å². The molecular weight excluding hydrogens is 180 g/mol. The third kappa shape index (κ3) is 2.58. The second kappa shape index (κ2) is 3.62. The maximum Gasteiger partial charge on any atom is 0.0803 e. The van der Waals surface area contributed by atoms with Gasteiger partial charge in [0, 0.05) is 5.69 Å². The third-order valence-electron chi connectivity index (χ3n) is 2.49. The number of benzene rings is 1. The summed E-state index contributed by atoms with van der Waals surface area (Å²) < 4.78 is 0. The van der Waals surface area contributed by atoms with Crippen LogP contribution in [0.4, 0.5) is 5.69 Å². The molecule has 0 spiro atoms. The first-order chi connectivity index (χ1) is 6.64. The molecule has 0 aliphatic heterocycles. The van der Waals surface area contributed by atoms with Crippen LogP contribution in [0.5, 0.6) is 0 Å². The smallest absolute Gasteiger partial charge is 0.0803 e. The first-order valence-electron chi connectivity index (χ1n) is 5.11. The van der Waals surface area contributed by atoms with Gasteiger partial charge in [0.1, 0.15) is 0 Å². The van der Waals surface area contributed by atoms with E-state index < -0.39 is 10.6 Å². The van der Waals surface area contributed by atoms with E-state index in [9.17, 15) is 0 Å². The molecule has 15 heavy (non-hydrogen) atoms. The summed E-state index contributed by atoms with van der Waals surface area (Å²) in [4.78, 5) is 0. The maximum atomic E-state index is 6.10. The standard InChI is InChI=1S/C12H17B2N/c1-11(2,13)8-6-5-7-9(10(8)15)12(3,4)14/h5-7H,15H2,1-4H3. The molecule has 0 aromatic heterocycles. The average Bonchev–Trinajstić information content (AvgIpc) is 1.99. The molecule has 0 heterocycles. The Balaban J connectivity index is 3.37. The van der Waals surface area contributed by atoms with Gasteiger partial charge in [0.15, 0.2) is 0 Å². The molecule has 1 nitrogen and oxygen atoms in total. The van der Waals surface area contributed by atoms with E-state index in [4.69, 9.17) is 21.4 Å². The van der Waals surface area contributed by atoms with Crippen molar-refractivity contribution < 1.29 is 0 Å². The van der Waals surface area contributed by atoms with Crippen molar-refractivity contribution in [3.8, 4) is 0 Å². The average molecular weight is 197 g/mol. The number of para-hydroxylation sites is 1. The van der Waals surface area contributed by atoms with Gasteiger partial charge in [-0.1, -0.05) is 45.9 Å². The van der Waals surface area contributed by atoms with Crippen LogP contribution >= 0.6 is 0 Å². The third-order valence-corrected chi connectivity index (χ3v) is 2.49. The molecule has 0 fully saturated rings. The van der Waals surface area contributed by atoms with Crippen LogP contribution in [0, 0.1) is 0 Å². The molecule has 76 valence electrons. The van der Waals surface area contributed by atoms with Crippen molar-refractivity contribution in [3.05, 3.63) is 29.3 Å². The monoisotopic (exact) mass is 197 g/mol. The van der Waals surface area contributed by atoms with Crippen LogP contribution < -0.4 is 5.73 Å². The molecule has 1 rings (SSSR count). The van der Waals surface area contributed by atoms with Gasteiger partial charge in [-0.2, -0.15) is 0 Å². The number of nitrogens with two attached hydrogens (primary N) is 1. The van der Waals surface area contributed by atoms with Crippen LogP contribution in [-0.4, -0.2) is 15.7 Å².